The zero-order valence-electron chi connectivity index (χ0n) is 8.74. The van der Waals surface area contributed by atoms with Gasteiger partial charge in [-0.2, -0.15) is 0 Å². The molecule has 0 aromatic heterocycles. The summed E-state index contributed by atoms with van der Waals surface area (Å²) in [4.78, 5) is 10.8. The standard InChI is InChI=1S/C10H20BNO2/c12-10(14)11-8-4-1-2-6-9(13)7-3-5-8/h8-9,11,13H,1-7H2,(H2,12,14). The second-order valence-electron chi connectivity index (χ2n) is 4.41. The van der Waals surface area contributed by atoms with E-state index in [1.807, 2.05) is 0 Å². The number of carbonyl (C=O) groups is 1. The van der Waals surface area contributed by atoms with Crippen molar-refractivity contribution in [3.05, 3.63) is 0 Å². The van der Waals surface area contributed by atoms with Crippen LogP contribution >= 0.6 is 0 Å². The molecule has 3 nitrogen and oxygen atoms in total. The lowest BCUT2D eigenvalue weighted by atomic mass is 9.60. The molecule has 80 valence electrons. The molecule has 1 aliphatic rings. The van der Waals surface area contributed by atoms with Crippen LogP contribution in [0.1, 0.15) is 44.9 Å². The number of rotatable bonds is 2. The molecule has 0 bridgehead atoms. The van der Waals surface area contributed by atoms with Gasteiger partial charge in [0.2, 0.25) is 7.28 Å². The maximum Gasteiger partial charge on any atom is 0.236 e. The number of nitrogens with two attached hydrogens (primary N) is 1. The number of primary amides is 1. The number of hydrogen-bond acceptors (Lipinski definition) is 2. The Morgan fingerprint density at radius 1 is 1.14 bits per heavy atom. The molecule has 1 saturated carbocycles. The van der Waals surface area contributed by atoms with Crippen molar-refractivity contribution in [3.8, 4) is 0 Å². The number of aliphatic hydroxyl groups is 1. The van der Waals surface area contributed by atoms with Crippen molar-refractivity contribution in [2.24, 2.45) is 5.73 Å². The van der Waals surface area contributed by atoms with Crippen molar-refractivity contribution in [1.82, 2.24) is 0 Å². The first-order chi connectivity index (χ1) is 6.68. The SMILES string of the molecule is NC(=O)BC1CCCCC(O)CCC1. The molecule has 0 radical (unpaired) electrons. The lowest BCUT2D eigenvalue weighted by molar-refractivity contribution is 0.150. The van der Waals surface area contributed by atoms with E-state index in [0.29, 0.717) is 13.1 Å². The minimum atomic E-state index is -0.185. The summed E-state index contributed by atoms with van der Waals surface area (Å²) in [5.41, 5.74) is 5.19. The molecule has 0 aromatic carbocycles. The van der Waals surface area contributed by atoms with Gasteiger partial charge in [0.1, 0.15) is 0 Å². The van der Waals surface area contributed by atoms with Crippen LogP contribution in [0.15, 0.2) is 0 Å². The summed E-state index contributed by atoms with van der Waals surface area (Å²) in [5.74, 6) is 0.271. The summed E-state index contributed by atoms with van der Waals surface area (Å²) >= 11 is 0. The maximum atomic E-state index is 10.8. The Morgan fingerprint density at radius 2 is 1.71 bits per heavy atom. The first-order valence-corrected chi connectivity index (χ1v) is 5.65. The van der Waals surface area contributed by atoms with E-state index in [1.165, 1.54) is 0 Å². The number of carbonyl (C=O) groups excluding carboxylic acids is 1. The van der Waals surface area contributed by atoms with Gasteiger partial charge in [-0.3, -0.25) is 4.79 Å². The highest BCUT2D eigenvalue weighted by Crippen LogP contribution is 2.25. The fourth-order valence-electron chi connectivity index (χ4n) is 2.23. The van der Waals surface area contributed by atoms with E-state index in [0.717, 1.165) is 44.9 Å². The second-order valence-corrected chi connectivity index (χ2v) is 4.41. The van der Waals surface area contributed by atoms with E-state index in [9.17, 15) is 9.90 Å². The molecular weight excluding hydrogens is 177 g/mol. The Morgan fingerprint density at radius 3 is 2.43 bits per heavy atom. The first kappa shape index (κ1) is 11.6. The van der Waals surface area contributed by atoms with Crippen molar-refractivity contribution in [2.75, 3.05) is 0 Å². The molecule has 1 aliphatic carbocycles. The average molecular weight is 197 g/mol. The van der Waals surface area contributed by atoms with Crippen LogP contribution < -0.4 is 5.73 Å². The molecule has 0 heterocycles. The zero-order chi connectivity index (χ0) is 10.4. The summed E-state index contributed by atoms with van der Waals surface area (Å²) in [6, 6.07) is 0. The van der Waals surface area contributed by atoms with E-state index in [4.69, 9.17) is 5.73 Å². The highest BCUT2D eigenvalue weighted by atomic mass is 16.3. The van der Waals surface area contributed by atoms with Gasteiger partial charge in [0.15, 0.2) is 5.81 Å². The Balaban J connectivity index is 2.33. The van der Waals surface area contributed by atoms with Gasteiger partial charge < -0.3 is 10.8 Å². The summed E-state index contributed by atoms with van der Waals surface area (Å²) in [7, 11) is 0.524. The maximum absolute atomic E-state index is 10.8. The third kappa shape index (κ3) is 4.65. The van der Waals surface area contributed by atoms with E-state index in [2.05, 4.69) is 0 Å². The van der Waals surface area contributed by atoms with E-state index in [1.54, 1.807) is 0 Å². The van der Waals surface area contributed by atoms with Crippen LogP contribution in [-0.4, -0.2) is 24.3 Å². The normalized spacial score (nSPS) is 29.8. The Labute approximate surface area is 86.3 Å². The minimum Gasteiger partial charge on any atom is -0.393 e. The minimum absolute atomic E-state index is 0.123. The highest BCUT2D eigenvalue weighted by Gasteiger charge is 2.17. The van der Waals surface area contributed by atoms with Crippen LogP contribution in [-0.2, 0) is 0 Å². The van der Waals surface area contributed by atoms with Gasteiger partial charge >= 0.3 is 0 Å². The van der Waals surface area contributed by atoms with Crippen LogP contribution in [0.25, 0.3) is 0 Å². The van der Waals surface area contributed by atoms with Gasteiger partial charge in [0, 0.05) is 0 Å². The summed E-state index contributed by atoms with van der Waals surface area (Å²) < 4.78 is 0. The topological polar surface area (TPSA) is 63.3 Å². The second kappa shape index (κ2) is 6.07. The van der Waals surface area contributed by atoms with Gasteiger partial charge in [0.05, 0.1) is 6.10 Å². The van der Waals surface area contributed by atoms with Crippen LogP contribution in [0.4, 0.5) is 4.79 Å². The fourth-order valence-corrected chi connectivity index (χ4v) is 2.23. The largest absolute Gasteiger partial charge is 0.393 e. The van der Waals surface area contributed by atoms with Gasteiger partial charge in [-0.05, 0) is 12.8 Å². The van der Waals surface area contributed by atoms with Crippen molar-refractivity contribution < 1.29 is 9.90 Å². The predicted molar refractivity (Wildman–Crippen MR) is 58.8 cm³/mol. The van der Waals surface area contributed by atoms with Crippen molar-refractivity contribution in [3.63, 3.8) is 0 Å². The number of hydrogen-bond donors (Lipinski definition) is 2. The summed E-state index contributed by atoms with van der Waals surface area (Å²) in [6.07, 6.45) is 7.04. The summed E-state index contributed by atoms with van der Waals surface area (Å²) in [5, 5.41) is 9.52. The van der Waals surface area contributed by atoms with E-state index >= 15 is 0 Å². The van der Waals surface area contributed by atoms with E-state index in [-0.39, 0.29) is 11.9 Å². The molecule has 3 N–H and O–H groups in total. The number of amides is 1. The molecule has 1 rings (SSSR count). The first-order valence-electron chi connectivity index (χ1n) is 5.65. The lowest BCUT2D eigenvalue weighted by Crippen LogP contribution is -2.22. The van der Waals surface area contributed by atoms with Gasteiger partial charge in [-0.15, -0.1) is 0 Å². The molecule has 1 amide bonds. The van der Waals surface area contributed by atoms with Gasteiger partial charge in [0.25, 0.3) is 0 Å². The lowest BCUT2D eigenvalue weighted by Gasteiger charge is -2.11. The van der Waals surface area contributed by atoms with Gasteiger partial charge in [-0.1, -0.05) is 37.9 Å². The highest BCUT2D eigenvalue weighted by molar-refractivity contribution is 6.74. The molecule has 2 unspecified atom stereocenters. The molecule has 1 fully saturated rings. The van der Waals surface area contributed by atoms with Crippen LogP contribution in [0.5, 0.6) is 0 Å². The third-order valence-electron chi connectivity index (χ3n) is 3.04. The monoisotopic (exact) mass is 197 g/mol. The van der Waals surface area contributed by atoms with Crippen LogP contribution in [0, 0.1) is 0 Å². The molecule has 2 atom stereocenters. The molecule has 4 heteroatoms. The summed E-state index contributed by atoms with van der Waals surface area (Å²) in [6.45, 7) is 0. The van der Waals surface area contributed by atoms with E-state index < -0.39 is 0 Å². The molecule has 0 aliphatic heterocycles. The molecule has 14 heavy (non-hydrogen) atoms. The molecule has 0 aromatic rings. The smallest absolute Gasteiger partial charge is 0.236 e. The molecule has 0 saturated heterocycles. The van der Waals surface area contributed by atoms with Crippen molar-refractivity contribution >= 4 is 13.1 Å². The third-order valence-corrected chi connectivity index (χ3v) is 3.04. The van der Waals surface area contributed by atoms with Crippen molar-refractivity contribution in [1.29, 1.82) is 0 Å². The van der Waals surface area contributed by atoms with Crippen LogP contribution in [0.2, 0.25) is 5.82 Å². The Hall–Kier alpha value is -0.505. The zero-order valence-corrected chi connectivity index (χ0v) is 8.74. The Bertz CT molecular complexity index is 187. The molecule has 0 spiro atoms. The Kier molecular flexibility index (Phi) is 5.01. The predicted octanol–water partition coefficient (Wildman–Crippen LogP) is 1.40. The number of aliphatic hydroxyl groups excluding tert-OH is 1. The van der Waals surface area contributed by atoms with Crippen LogP contribution in [0.3, 0.4) is 0 Å². The van der Waals surface area contributed by atoms with Crippen molar-refractivity contribution in [2.45, 2.75) is 56.9 Å². The quantitative estimate of drug-likeness (QED) is 0.657. The molecular formula is C10H20BNO2. The fraction of sp³-hybridized carbons (Fsp3) is 0.900. The average Bonchev–Trinajstić information content (AvgIpc) is 2.18. The van der Waals surface area contributed by atoms with Gasteiger partial charge in [-0.25, -0.2) is 0 Å².